The molecule has 0 fully saturated rings. The van der Waals surface area contributed by atoms with Crippen molar-refractivity contribution in [2.75, 3.05) is 0 Å². The van der Waals surface area contributed by atoms with Crippen LogP contribution in [-0.2, 0) is 0 Å². The van der Waals surface area contributed by atoms with Crippen LogP contribution in [0.5, 0.6) is 0 Å². The molecule has 0 aliphatic carbocycles. The average molecular weight is 463 g/mol. The van der Waals surface area contributed by atoms with Crippen molar-refractivity contribution in [1.29, 1.82) is 5.26 Å². The van der Waals surface area contributed by atoms with Crippen molar-refractivity contribution in [3.05, 3.63) is 120 Å². The zero-order valence-electron chi connectivity index (χ0n) is 19.1. The molecule has 0 bridgehead atoms. The van der Waals surface area contributed by atoms with Gasteiger partial charge in [-0.15, -0.1) is 4.91 Å². The van der Waals surface area contributed by atoms with Crippen LogP contribution in [0.3, 0.4) is 0 Å². The molecule has 5 heteroatoms. The Morgan fingerprint density at radius 1 is 0.556 bits per heavy atom. The van der Waals surface area contributed by atoms with Crippen LogP contribution in [-0.4, -0.2) is 9.13 Å². The van der Waals surface area contributed by atoms with Crippen LogP contribution in [0.1, 0.15) is 5.56 Å². The summed E-state index contributed by atoms with van der Waals surface area (Å²) < 4.78 is 4.37. The maximum atomic E-state index is 11.2. The van der Waals surface area contributed by atoms with Gasteiger partial charge in [-0.3, -0.25) is 0 Å². The lowest BCUT2D eigenvalue weighted by Gasteiger charge is -2.13. The van der Waals surface area contributed by atoms with Gasteiger partial charge in [-0.1, -0.05) is 54.6 Å². The second-order valence-electron chi connectivity index (χ2n) is 8.86. The van der Waals surface area contributed by atoms with Gasteiger partial charge in [0.2, 0.25) is 0 Å². The lowest BCUT2D eigenvalue weighted by Crippen LogP contribution is -2.00. The number of aromatic nitrogens is 2. The fourth-order valence-corrected chi connectivity index (χ4v) is 5.41. The molecule has 5 nitrogen and oxygen atoms in total. The van der Waals surface area contributed by atoms with Gasteiger partial charge in [0.05, 0.1) is 33.7 Å². The second-order valence-corrected chi connectivity index (χ2v) is 8.86. The minimum Gasteiger partial charge on any atom is -0.309 e. The molecule has 168 valence electrons. The molecule has 2 aromatic heterocycles. The van der Waals surface area contributed by atoms with Crippen LogP contribution >= 0.6 is 0 Å². The van der Waals surface area contributed by atoms with Crippen molar-refractivity contribution >= 4 is 49.3 Å². The summed E-state index contributed by atoms with van der Waals surface area (Å²) in [4.78, 5) is 11.2. The molecule has 0 saturated carbocycles. The quantitative estimate of drug-likeness (QED) is 0.249. The molecule has 0 amide bonds. The minimum atomic E-state index is 0.391. The Labute approximate surface area is 206 Å². The van der Waals surface area contributed by atoms with Gasteiger partial charge in [-0.25, -0.2) is 0 Å². The molecule has 0 aliphatic heterocycles. The zero-order valence-corrected chi connectivity index (χ0v) is 19.1. The van der Waals surface area contributed by atoms with E-state index in [0.717, 1.165) is 44.2 Å². The Hall–Kier alpha value is -5.21. The van der Waals surface area contributed by atoms with Crippen molar-refractivity contribution in [2.24, 2.45) is 5.18 Å². The summed E-state index contributed by atoms with van der Waals surface area (Å²) in [6, 6.07) is 38.6. The first-order valence-corrected chi connectivity index (χ1v) is 11.7. The summed E-state index contributed by atoms with van der Waals surface area (Å²) in [5, 5.41) is 17.4. The van der Waals surface area contributed by atoms with Gasteiger partial charge in [0.1, 0.15) is 5.69 Å². The van der Waals surface area contributed by atoms with Gasteiger partial charge >= 0.3 is 0 Å². The van der Waals surface area contributed by atoms with Gasteiger partial charge in [0.15, 0.2) is 0 Å². The van der Waals surface area contributed by atoms with Crippen molar-refractivity contribution in [2.45, 2.75) is 0 Å². The van der Waals surface area contributed by atoms with E-state index in [-0.39, 0.29) is 0 Å². The van der Waals surface area contributed by atoms with Crippen LogP contribution in [0, 0.1) is 16.2 Å². The maximum Gasteiger partial charge on any atom is 0.108 e. The number of hydrogen-bond acceptors (Lipinski definition) is 3. The second kappa shape index (κ2) is 7.66. The standard InChI is InChI=1S/C31H18N4O/c32-19-20-15-22(34-28-10-4-1-7-24(28)25-8-2-5-11-29(25)34)18-23(16-20)35-30-12-6-3-9-26(30)27-17-21(33-36)13-14-31(27)35/h1-18H. The molecule has 36 heavy (non-hydrogen) atoms. The molecule has 0 spiro atoms. The van der Waals surface area contributed by atoms with E-state index in [2.05, 4.69) is 68.9 Å². The van der Waals surface area contributed by atoms with E-state index in [0.29, 0.717) is 11.3 Å². The fourth-order valence-electron chi connectivity index (χ4n) is 5.41. The highest BCUT2D eigenvalue weighted by molar-refractivity contribution is 6.11. The molecular weight excluding hydrogens is 444 g/mol. The number of hydrogen-bond donors (Lipinski definition) is 0. The fraction of sp³-hybridized carbons (Fsp3) is 0. The minimum absolute atomic E-state index is 0.391. The summed E-state index contributed by atoms with van der Waals surface area (Å²) >= 11 is 0. The Kier molecular flexibility index (Phi) is 4.29. The van der Waals surface area contributed by atoms with E-state index in [9.17, 15) is 10.2 Å². The molecule has 0 saturated heterocycles. The molecule has 0 radical (unpaired) electrons. The lowest BCUT2D eigenvalue weighted by atomic mass is 10.1. The number of benzene rings is 5. The summed E-state index contributed by atoms with van der Waals surface area (Å²) in [5.74, 6) is 0. The van der Waals surface area contributed by atoms with Gasteiger partial charge in [0, 0.05) is 32.9 Å². The monoisotopic (exact) mass is 462 g/mol. The van der Waals surface area contributed by atoms with Crippen molar-refractivity contribution in [3.63, 3.8) is 0 Å². The van der Waals surface area contributed by atoms with E-state index in [1.807, 2.05) is 54.6 Å². The number of rotatable bonds is 3. The highest BCUT2D eigenvalue weighted by Crippen LogP contribution is 2.37. The summed E-state index contributed by atoms with van der Waals surface area (Å²) in [6.07, 6.45) is 0. The van der Waals surface area contributed by atoms with E-state index in [1.54, 1.807) is 6.07 Å². The lowest BCUT2D eigenvalue weighted by molar-refractivity contribution is 1.13. The Bertz CT molecular complexity index is 1980. The Balaban J connectivity index is 1.59. The summed E-state index contributed by atoms with van der Waals surface area (Å²) in [6.45, 7) is 0. The molecule has 2 heterocycles. The van der Waals surface area contributed by atoms with Crippen LogP contribution in [0.2, 0.25) is 0 Å². The summed E-state index contributed by atoms with van der Waals surface area (Å²) in [7, 11) is 0. The predicted molar refractivity (Wildman–Crippen MR) is 145 cm³/mol. The van der Waals surface area contributed by atoms with Crippen LogP contribution in [0.4, 0.5) is 5.69 Å². The molecule has 5 aromatic carbocycles. The van der Waals surface area contributed by atoms with Gasteiger partial charge in [0.25, 0.3) is 0 Å². The van der Waals surface area contributed by atoms with Crippen LogP contribution in [0.25, 0.3) is 55.0 Å². The largest absolute Gasteiger partial charge is 0.309 e. The zero-order chi connectivity index (χ0) is 24.2. The predicted octanol–water partition coefficient (Wildman–Crippen LogP) is 8.15. The smallest absolute Gasteiger partial charge is 0.108 e. The SMILES string of the molecule is N#Cc1cc(-n2c3ccccc3c3ccccc32)cc(-n2c3ccccc3c3cc(N=O)ccc32)c1. The van der Waals surface area contributed by atoms with Crippen molar-refractivity contribution in [3.8, 4) is 17.4 Å². The highest BCUT2D eigenvalue weighted by Gasteiger charge is 2.17. The molecule has 0 aliphatic rings. The van der Waals surface area contributed by atoms with E-state index in [1.165, 1.54) is 10.8 Å². The molecular formula is C31H18N4O. The molecule has 0 atom stereocenters. The molecule has 0 unspecified atom stereocenters. The first kappa shape index (κ1) is 20.2. The van der Waals surface area contributed by atoms with E-state index >= 15 is 0 Å². The Morgan fingerprint density at radius 3 is 1.53 bits per heavy atom. The molecule has 7 rings (SSSR count). The third kappa shape index (κ3) is 2.82. The molecule has 7 aromatic rings. The van der Waals surface area contributed by atoms with Crippen LogP contribution in [0.15, 0.2) is 114 Å². The summed E-state index contributed by atoms with van der Waals surface area (Å²) in [5.41, 5.74) is 6.88. The number of nitriles is 1. The van der Waals surface area contributed by atoms with Gasteiger partial charge in [-0.2, -0.15) is 5.26 Å². The number of nitroso groups, excluding NO2 is 1. The topological polar surface area (TPSA) is 63.1 Å². The van der Waals surface area contributed by atoms with E-state index < -0.39 is 0 Å². The van der Waals surface area contributed by atoms with Crippen LogP contribution < -0.4 is 0 Å². The molecule has 0 N–H and O–H groups in total. The maximum absolute atomic E-state index is 11.2. The van der Waals surface area contributed by atoms with Gasteiger partial charge in [-0.05, 0) is 59.8 Å². The van der Waals surface area contributed by atoms with Crippen molar-refractivity contribution in [1.82, 2.24) is 9.13 Å². The van der Waals surface area contributed by atoms with E-state index in [4.69, 9.17) is 0 Å². The first-order chi connectivity index (χ1) is 17.8. The first-order valence-electron chi connectivity index (χ1n) is 11.7. The number of para-hydroxylation sites is 3. The number of fused-ring (bicyclic) bond motifs is 6. The highest BCUT2D eigenvalue weighted by atomic mass is 16.3. The third-order valence-corrected chi connectivity index (χ3v) is 6.89. The van der Waals surface area contributed by atoms with Gasteiger partial charge < -0.3 is 9.13 Å². The normalized spacial score (nSPS) is 11.4. The average Bonchev–Trinajstić information content (AvgIpc) is 3.45. The third-order valence-electron chi connectivity index (χ3n) is 6.89. The Morgan fingerprint density at radius 2 is 1.03 bits per heavy atom. The number of nitrogens with zero attached hydrogens (tertiary/aromatic N) is 4. The van der Waals surface area contributed by atoms with Crippen molar-refractivity contribution < 1.29 is 0 Å².